The lowest BCUT2D eigenvalue weighted by atomic mass is 9.84. The molecular weight excluding hydrogens is 669 g/mol. The van der Waals surface area contributed by atoms with Gasteiger partial charge in [-0.2, -0.15) is 0 Å². The molecule has 54 heavy (non-hydrogen) atoms. The molecule has 0 saturated heterocycles. The van der Waals surface area contributed by atoms with E-state index in [1.54, 1.807) is 0 Å². The van der Waals surface area contributed by atoms with Crippen molar-refractivity contribution in [2.75, 3.05) is 9.80 Å². The topological polar surface area (TPSA) is 6.48 Å². The van der Waals surface area contributed by atoms with Gasteiger partial charge in [0.2, 0.25) is 0 Å². The molecule has 2 aliphatic rings. The Labute approximate surface area is 322 Å². The lowest BCUT2D eigenvalue weighted by Gasteiger charge is -2.29. The zero-order valence-electron chi connectivity index (χ0n) is 31.5. The van der Waals surface area contributed by atoms with Crippen LogP contribution in [0, 0.1) is 0 Å². The third kappa shape index (κ3) is 6.48. The number of nitrogens with zero attached hydrogens (tertiary/aromatic N) is 2. The van der Waals surface area contributed by atoms with Crippen molar-refractivity contribution in [2.24, 2.45) is 0 Å². The molecule has 7 aromatic carbocycles. The smallest absolute Gasteiger partial charge is 0.113 e. The van der Waals surface area contributed by atoms with Gasteiger partial charge in [0.05, 0.1) is 5.69 Å². The summed E-state index contributed by atoms with van der Waals surface area (Å²) in [4.78, 5) is 4.83. The second-order valence-electron chi connectivity index (χ2n) is 15.6. The van der Waals surface area contributed by atoms with E-state index < -0.39 is 8.07 Å². The van der Waals surface area contributed by atoms with Gasteiger partial charge in [-0.05, 0) is 125 Å². The number of anilines is 6. The fourth-order valence-corrected chi connectivity index (χ4v) is 12.1. The van der Waals surface area contributed by atoms with Gasteiger partial charge in [0.1, 0.15) is 8.07 Å². The molecule has 266 valence electrons. The summed E-state index contributed by atoms with van der Waals surface area (Å²) in [5.41, 5.74) is 14.0. The first-order valence-corrected chi connectivity index (χ1v) is 22.8. The Morgan fingerprint density at radius 3 is 1.52 bits per heavy atom. The highest BCUT2D eigenvalue weighted by Crippen LogP contribution is 2.44. The summed E-state index contributed by atoms with van der Waals surface area (Å²) in [6.45, 7) is 5.01. The van der Waals surface area contributed by atoms with E-state index in [2.05, 4.69) is 199 Å². The molecule has 0 amide bonds. The van der Waals surface area contributed by atoms with E-state index in [-0.39, 0.29) is 0 Å². The Kier molecular flexibility index (Phi) is 9.26. The highest BCUT2D eigenvalue weighted by Gasteiger charge is 2.39. The number of benzene rings is 7. The van der Waals surface area contributed by atoms with Crippen LogP contribution in [-0.4, -0.2) is 8.07 Å². The van der Waals surface area contributed by atoms with Gasteiger partial charge in [-0.1, -0.05) is 142 Å². The van der Waals surface area contributed by atoms with Crippen LogP contribution in [0.4, 0.5) is 34.1 Å². The largest absolute Gasteiger partial charge is 0.311 e. The number of hydrogen-bond donors (Lipinski definition) is 0. The molecule has 7 aromatic rings. The molecule has 0 atom stereocenters. The van der Waals surface area contributed by atoms with Crippen molar-refractivity contribution in [3.8, 4) is 11.1 Å². The molecule has 1 fully saturated rings. The maximum atomic E-state index is 2.51. The van der Waals surface area contributed by atoms with Crippen LogP contribution in [0.15, 0.2) is 176 Å². The van der Waals surface area contributed by atoms with E-state index in [9.17, 15) is 0 Å². The van der Waals surface area contributed by atoms with Gasteiger partial charge < -0.3 is 9.80 Å². The normalized spacial score (nSPS) is 14.6. The summed E-state index contributed by atoms with van der Waals surface area (Å²) in [6, 6.07) is 65.3. The summed E-state index contributed by atoms with van der Waals surface area (Å²) in [7, 11) is -1.82. The molecular formula is C51H48N2Si. The van der Waals surface area contributed by atoms with E-state index in [4.69, 9.17) is 0 Å². The SMILES string of the molecule is C[Si]1(C)c2ccccc2-c2c(N(c3ccc(Cc4ccc(N(c5ccccc5)c5ccccc5)cc4)cc3)c3ccc(C4CCCCC4)cc3)cccc21. The highest BCUT2D eigenvalue weighted by atomic mass is 28.3. The van der Waals surface area contributed by atoms with Crippen molar-refractivity contribution < 1.29 is 0 Å². The van der Waals surface area contributed by atoms with Crippen LogP contribution >= 0.6 is 0 Å². The molecule has 1 heterocycles. The molecule has 0 aromatic heterocycles. The lowest BCUT2D eigenvalue weighted by molar-refractivity contribution is 0.443. The van der Waals surface area contributed by atoms with E-state index in [1.807, 2.05) is 0 Å². The number of fused-ring (bicyclic) bond motifs is 3. The van der Waals surface area contributed by atoms with Crippen LogP contribution in [0.3, 0.4) is 0 Å². The summed E-state index contributed by atoms with van der Waals surface area (Å²) in [5, 5.41) is 3.07. The highest BCUT2D eigenvalue weighted by molar-refractivity contribution is 7.04. The average Bonchev–Trinajstić information content (AvgIpc) is 3.47. The van der Waals surface area contributed by atoms with Gasteiger partial charge in [-0.25, -0.2) is 0 Å². The van der Waals surface area contributed by atoms with Crippen molar-refractivity contribution in [3.63, 3.8) is 0 Å². The predicted octanol–water partition coefficient (Wildman–Crippen LogP) is 13.1. The summed E-state index contributed by atoms with van der Waals surface area (Å²) in [6.07, 6.45) is 7.59. The molecule has 1 aliphatic carbocycles. The average molecular weight is 717 g/mol. The van der Waals surface area contributed by atoms with Crippen molar-refractivity contribution >= 4 is 52.6 Å². The Morgan fingerprint density at radius 1 is 0.444 bits per heavy atom. The molecule has 1 aliphatic heterocycles. The monoisotopic (exact) mass is 716 g/mol. The van der Waals surface area contributed by atoms with Crippen molar-refractivity contribution in [1.29, 1.82) is 0 Å². The van der Waals surface area contributed by atoms with Gasteiger partial charge in [-0.15, -0.1) is 0 Å². The molecule has 0 N–H and O–H groups in total. The first-order chi connectivity index (χ1) is 26.5. The molecule has 0 spiro atoms. The van der Waals surface area contributed by atoms with Crippen molar-refractivity contribution in [2.45, 2.75) is 57.5 Å². The Balaban J connectivity index is 1.04. The summed E-state index contributed by atoms with van der Waals surface area (Å²) >= 11 is 0. The third-order valence-electron chi connectivity index (χ3n) is 11.9. The van der Waals surface area contributed by atoms with Gasteiger partial charge in [-0.3, -0.25) is 0 Å². The Bertz CT molecular complexity index is 2300. The van der Waals surface area contributed by atoms with Gasteiger partial charge in [0, 0.05) is 34.0 Å². The number of rotatable bonds is 9. The molecule has 0 unspecified atom stereocenters. The maximum absolute atomic E-state index is 2.51. The van der Waals surface area contributed by atoms with E-state index >= 15 is 0 Å². The Morgan fingerprint density at radius 2 is 0.926 bits per heavy atom. The van der Waals surface area contributed by atoms with Crippen molar-refractivity contribution in [1.82, 2.24) is 0 Å². The van der Waals surface area contributed by atoms with Gasteiger partial charge in [0.15, 0.2) is 0 Å². The minimum atomic E-state index is -1.82. The summed E-state index contributed by atoms with van der Waals surface area (Å²) < 4.78 is 0. The molecule has 0 radical (unpaired) electrons. The zero-order valence-corrected chi connectivity index (χ0v) is 32.5. The molecule has 3 heteroatoms. The quantitative estimate of drug-likeness (QED) is 0.137. The van der Waals surface area contributed by atoms with Crippen LogP contribution in [0.25, 0.3) is 11.1 Å². The zero-order chi connectivity index (χ0) is 36.5. The second-order valence-corrected chi connectivity index (χ2v) is 20.0. The van der Waals surface area contributed by atoms with Gasteiger partial charge >= 0.3 is 0 Å². The fraction of sp³-hybridized carbons (Fsp3) is 0.176. The van der Waals surface area contributed by atoms with E-state index in [1.165, 1.54) is 87.4 Å². The minimum Gasteiger partial charge on any atom is -0.311 e. The standard InChI is InChI=1S/C51H48N2Si/c1-54(2)49-23-13-12-21-47(49)51-48(22-14-24-50(51)54)53(46-35-29-41(30-36-46)40-15-6-3-7-16-40)45-33-27-39(28-34-45)37-38-25-31-44(32-26-38)52(42-17-8-4-9-18-42)43-19-10-5-11-20-43/h4-5,8-14,17-36,40H,3,6-7,15-16,37H2,1-2H3. The van der Waals surface area contributed by atoms with Gasteiger partial charge in [0.25, 0.3) is 0 Å². The fourth-order valence-electron chi connectivity index (χ4n) is 9.04. The predicted molar refractivity (Wildman–Crippen MR) is 233 cm³/mol. The second kappa shape index (κ2) is 14.6. The number of hydrogen-bond acceptors (Lipinski definition) is 2. The molecule has 9 rings (SSSR count). The third-order valence-corrected chi connectivity index (χ3v) is 15.4. The van der Waals surface area contributed by atoms with Crippen LogP contribution < -0.4 is 20.2 Å². The van der Waals surface area contributed by atoms with E-state index in [0.717, 1.165) is 23.5 Å². The first-order valence-electron chi connectivity index (χ1n) is 19.8. The molecule has 1 saturated carbocycles. The lowest BCUT2D eigenvalue weighted by Crippen LogP contribution is -2.49. The first kappa shape index (κ1) is 34.1. The van der Waals surface area contributed by atoms with Crippen molar-refractivity contribution in [3.05, 3.63) is 193 Å². The molecule has 0 bridgehead atoms. The maximum Gasteiger partial charge on any atom is 0.113 e. The van der Waals surface area contributed by atoms with Crippen LogP contribution in [0.1, 0.15) is 54.7 Å². The Hall–Kier alpha value is -5.64. The number of para-hydroxylation sites is 2. The van der Waals surface area contributed by atoms with Crippen LogP contribution in [0.2, 0.25) is 13.1 Å². The minimum absolute atomic E-state index is 0.689. The van der Waals surface area contributed by atoms with Crippen LogP contribution in [-0.2, 0) is 6.42 Å². The van der Waals surface area contributed by atoms with E-state index in [0.29, 0.717) is 5.92 Å². The summed E-state index contributed by atoms with van der Waals surface area (Å²) in [5.74, 6) is 0.689. The molecule has 2 nitrogen and oxygen atoms in total. The van der Waals surface area contributed by atoms with Crippen LogP contribution in [0.5, 0.6) is 0 Å².